The third-order valence-electron chi connectivity index (χ3n) is 1.29. The van der Waals surface area contributed by atoms with Gasteiger partial charge in [0.1, 0.15) is 0 Å². The van der Waals surface area contributed by atoms with Crippen LogP contribution in [0.4, 0.5) is 10.7 Å². The van der Waals surface area contributed by atoms with Crippen molar-refractivity contribution in [3.8, 4) is 0 Å². The second kappa shape index (κ2) is 4.38. The predicted octanol–water partition coefficient (Wildman–Crippen LogP) is 3.02. The van der Waals surface area contributed by atoms with Crippen LogP contribution in [0, 0.1) is 10.1 Å². The van der Waals surface area contributed by atoms with E-state index in [9.17, 15) is 10.1 Å². The lowest BCUT2D eigenvalue weighted by atomic mass is 10.5. The summed E-state index contributed by atoms with van der Waals surface area (Å²) in [5.41, 5.74) is 0.0960. The van der Waals surface area contributed by atoms with E-state index in [0.717, 1.165) is 3.79 Å². The maximum atomic E-state index is 10.5. The van der Waals surface area contributed by atoms with Crippen molar-refractivity contribution in [2.45, 2.75) is 0 Å². The first-order chi connectivity index (χ1) is 6.15. The fraction of sp³-hybridized carbons (Fsp3) is 0.143. The number of hydrogen-bond acceptors (Lipinski definition) is 4. The van der Waals surface area contributed by atoms with E-state index in [2.05, 4.69) is 27.8 Å². The van der Waals surface area contributed by atoms with Crippen LogP contribution in [-0.2, 0) is 0 Å². The van der Waals surface area contributed by atoms with Gasteiger partial charge in [-0.25, -0.2) is 0 Å². The third kappa shape index (κ3) is 2.53. The van der Waals surface area contributed by atoms with Crippen molar-refractivity contribution in [1.29, 1.82) is 0 Å². The Morgan fingerprint density at radius 3 is 3.08 bits per heavy atom. The summed E-state index contributed by atoms with van der Waals surface area (Å²) in [5, 5.41) is 14.0. The molecule has 1 aromatic heterocycles. The van der Waals surface area contributed by atoms with Crippen LogP contribution >= 0.6 is 27.3 Å². The molecule has 0 spiro atoms. The second-order valence-electron chi connectivity index (χ2n) is 2.19. The lowest BCUT2D eigenvalue weighted by Crippen LogP contribution is -1.98. The Kier molecular flexibility index (Phi) is 3.44. The third-order valence-corrected chi connectivity index (χ3v) is 2.87. The summed E-state index contributed by atoms with van der Waals surface area (Å²) in [6.45, 7) is 4.04. The molecular weight excluding hydrogens is 256 g/mol. The van der Waals surface area contributed by atoms with Gasteiger partial charge in [-0.15, -0.1) is 17.9 Å². The Morgan fingerprint density at radius 2 is 2.54 bits per heavy atom. The molecule has 1 rings (SSSR count). The summed E-state index contributed by atoms with van der Waals surface area (Å²) < 4.78 is 0.741. The number of nitrogens with one attached hydrogen (secondary N) is 1. The molecule has 0 unspecified atom stereocenters. The molecule has 1 N–H and O–H groups in total. The lowest BCUT2D eigenvalue weighted by molar-refractivity contribution is -0.383. The molecule has 13 heavy (non-hydrogen) atoms. The van der Waals surface area contributed by atoms with Crippen LogP contribution in [-0.4, -0.2) is 11.5 Å². The molecule has 0 aliphatic carbocycles. The zero-order chi connectivity index (χ0) is 9.84. The zero-order valence-corrected chi connectivity index (χ0v) is 9.02. The predicted molar refractivity (Wildman–Crippen MR) is 57.4 cm³/mol. The van der Waals surface area contributed by atoms with Gasteiger partial charge in [-0.05, 0) is 15.9 Å². The molecule has 6 heteroatoms. The minimum atomic E-state index is -0.410. The molecular formula is C7H7BrN2O2S. The zero-order valence-electron chi connectivity index (χ0n) is 6.62. The van der Waals surface area contributed by atoms with Gasteiger partial charge in [0, 0.05) is 12.6 Å². The van der Waals surface area contributed by atoms with Gasteiger partial charge in [0.25, 0.3) is 0 Å². The monoisotopic (exact) mass is 262 g/mol. The molecule has 0 atom stereocenters. The molecule has 0 aliphatic heterocycles. The number of anilines is 1. The number of thiophene rings is 1. The maximum Gasteiger partial charge on any atom is 0.304 e. The van der Waals surface area contributed by atoms with Crippen molar-refractivity contribution in [3.63, 3.8) is 0 Å². The summed E-state index contributed by atoms with van der Waals surface area (Å²) in [7, 11) is 0. The number of nitro groups is 1. The first-order valence-electron chi connectivity index (χ1n) is 3.43. The SMILES string of the molecule is C=CCNc1sc(Br)cc1[N+](=O)[O-]. The molecule has 1 heterocycles. The fourth-order valence-electron chi connectivity index (χ4n) is 0.779. The molecule has 0 aromatic carbocycles. The van der Waals surface area contributed by atoms with Crippen LogP contribution in [0.5, 0.6) is 0 Å². The van der Waals surface area contributed by atoms with Gasteiger partial charge in [0.05, 0.1) is 8.71 Å². The number of nitrogens with zero attached hydrogens (tertiary/aromatic N) is 1. The molecule has 0 radical (unpaired) electrons. The first kappa shape index (κ1) is 10.2. The van der Waals surface area contributed by atoms with Crippen molar-refractivity contribution in [3.05, 3.63) is 32.6 Å². The van der Waals surface area contributed by atoms with Crippen molar-refractivity contribution in [1.82, 2.24) is 0 Å². The van der Waals surface area contributed by atoms with Crippen molar-refractivity contribution in [2.24, 2.45) is 0 Å². The topological polar surface area (TPSA) is 55.2 Å². The van der Waals surface area contributed by atoms with Gasteiger partial charge in [-0.2, -0.15) is 0 Å². The average Bonchev–Trinajstić information content (AvgIpc) is 2.43. The molecule has 0 saturated heterocycles. The summed E-state index contributed by atoms with van der Waals surface area (Å²) >= 11 is 4.49. The van der Waals surface area contributed by atoms with Gasteiger partial charge in [0.15, 0.2) is 5.00 Å². The second-order valence-corrected chi connectivity index (χ2v) is 4.62. The highest BCUT2D eigenvalue weighted by atomic mass is 79.9. The molecule has 0 fully saturated rings. The van der Waals surface area contributed by atoms with Crippen LogP contribution in [0.1, 0.15) is 0 Å². The number of hydrogen-bond donors (Lipinski definition) is 1. The Morgan fingerprint density at radius 1 is 1.85 bits per heavy atom. The summed E-state index contributed by atoms with van der Waals surface area (Å²) in [5.74, 6) is 0. The minimum absolute atomic E-state index is 0.0960. The average molecular weight is 263 g/mol. The summed E-state index contributed by atoms with van der Waals surface area (Å²) in [6, 6.07) is 1.48. The quantitative estimate of drug-likeness (QED) is 0.516. The Labute approximate surface area is 87.5 Å². The molecule has 4 nitrogen and oxygen atoms in total. The first-order valence-corrected chi connectivity index (χ1v) is 5.04. The van der Waals surface area contributed by atoms with E-state index in [1.165, 1.54) is 17.4 Å². The van der Waals surface area contributed by atoms with Crippen LogP contribution < -0.4 is 5.32 Å². The van der Waals surface area contributed by atoms with E-state index >= 15 is 0 Å². The highest BCUT2D eigenvalue weighted by Gasteiger charge is 2.16. The van der Waals surface area contributed by atoms with E-state index in [4.69, 9.17) is 0 Å². The van der Waals surface area contributed by atoms with E-state index in [0.29, 0.717) is 11.5 Å². The normalized spacial score (nSPS) is 9.62. The largest absolute Gasteiger partial charge is 0.368 e. The number of halogens is 1. The van der Waals surface area contributed by atoms with Gasteiger partial charge in [0.2, 0.25) is 0 Å². The van der Waals surface area contributed by atoms with Gasteiger partial charge in [-0.3, -0.25) is 10.1 Å². The Bertz CT molecular complexity index is 337. The highest BCUT2D eigenvalue weighted by Crippen LogP contribution is 2.37. The molecule has 0 amide bonds. The van der Waals surface area contributed by atoms with Crippen molar-refractivity contribution in [2.75, 3.05) is 11.9 Å². The van der Waals surface area contributed by atoms with Gasteiger partial charge in [-0.1, -0.05) is 6.08 Å². The molecule has 0 saturated carbocycles. The van der Waals surface area contributed by atoms with Crippen LogP contribution in [0.3, 0.4) is 0 Å². The lowest BCUT2D eigenvalue weighted by Gasteiger charge is -1.97. The molecule has 0 bridgehead atoms. The van der Waals surface area contributed by atoms with E-state index < -0.39 is 4.92 Å². The molecule has 0 aliphatic rings. The highest BCUT2D eigenvalue weighted by molar-refractivity contribution is 9.11. The van der Waals surface area contributed by atoms with E-state index in [-0.39, 0.29) is 5.69 Å². The Balaban J connectivity index is 2.90. The van der Waals surface area contributed by atoms with Crippen LogP contribution in [0.25, 0.3) is 0 Å². The number of rotatable bonds is 4. The Hall–Kier alpha value is -0.880. The van der Waals surface area contributed by atoms with E-state index in [1.54, 1.807) is 6.08 Å². The minimum Gasteiger partial charge on any atom is -0.368 e. The molecule has 70 valence electrons. The fourth-order valence-corrected chi connectivity index (χ4v) is 2.24. The van der Waals surface area contributed by atoms with Gasteiger partial charge < -0.3 is 5.32 Å². The summed E-state index contributed by atoms with van der Waals surface area (Å²) in [6.07, 6.45) is 1.65. The maximum absolute atomic E-state index is 10.5. The smallest absolute Gasteiger partial charge is 0.304 e. The molecule has 1 aromatic rings. The van der Waals surface area contributed by atoms with Crippen molar-refractivity contribution < 1.29 is 4.92 Å². The van der Waals surface area contributed by atoms with Crippen molar-refractivity contribution >= 4 is 38.0 Å². The van der Waals surface area contributed by atoms with E-state index in [1.807, 2.05) is 0 Å². The standard InChI is InChI=1S/C7H7BrN2O2S/c1-2-3-9-7-5(10(11)12)4-6(8)13-7/h2,4,9H,1,3H2. The van der Waals surface area contributed by atoms with Gasteiger partial charge >= 0.3 is 5.69 Å². The van der Waals surface area contributed by atoms with Crippen LogP contribution in [0.2, 0.25) is 0 Å². The van der Waals surface area contributed by atoms with Crippen LogP contribution in [0.15, 0.2) is 22.5 Å². The summed E-state index contributed by atoms with van der Waals surface area (Å²) in [4.78, 5) is 10.1.